The minimum atomic E-state index is 0.0582. The molecule has 1 aliphatic rings. The van der Waals surface area contributed by atoms with Crippen LogP contribution in [0, 0.1) is 0 Å². The molecule has 2 heterocycles. The molecule has 0 saturated carbocycles. The third-order valence-electron chi connectivity index (χ3n) is 4.16. The molecule has 0 aliphatic carbocycles. The Morgan fingerprint density at radius 1 is 1.30 bits per heavy atom. The number of piperidine rings is 1. The first kappa shape index (κ1) is 15.7. The maximum absolute atomic E-state index is 12.3. The van der Waals surface area contributed by atoms with Crippen LogP contribution < -0.4 is 0 Å². The number of carbonyl (C=O) groups excluding carboxylic acids is 1. The lowest BCUT2D eigenvalue weighted by Crippen LogP contribution is -2.42. The predicted molar refractivity (Wildman–Crippen MR) is 85.8 cm³/mol. The van der Waals surface area contributed by atoms with Crippen molar-refractivity contribution >= 4 is 5.91 Å². The molecule has 3 rings (SSSR count). The van der Waals surface area contributed by atoms with Crippen molar-refractivity contribution in [2.45, 2.75) is 25.3 Å². The van der Waals surface area contributed by atoms with E-state index < -0.39 is 0 Å². The molecule has 1 atom stereocenters. The molecule has 1 aromatic heterocycles. The summed E-state index contributed by atoms with van der Waals surface area (Å²) in [6.45, 7) is 2.20. The van der Waals surface area contributed by atoms with Crippen LogP contribution in [0.1, 0.15) is 24.4 Å². The molecule has 0 radical (unpaired) electrons. The van der Waals surface area contributed by atoms with Gasteiger partial charge in [-0.25, -0.2) is 9.67 Å². The zero-order chi connectivity index (χ0) is 15.9. The number of amides is 1. The number of hydrogen-bond acceptors (Lipinski definition) is 4. The van der Waals surface area contributed by atoms with E-state index in [0.29, 0.717) is 13.2 Å². The molecule has 1 saturated heterocycles. The average Bonchev–Trinajstić information content (AvgIpc) is 3.14. The van der Waals surface area contributed by atoms with Gasteiger partial charge in [0.15, 0.2) is 0 Å². The standard InChI is InChI=1S/C17H22N4O2/c22-17(12-23-10-8-15-5-2-1-3-6-15)20-9-4-7-16(11-20)21-14-18-13-19-21/h1-3,5-6,13-14,16H,4,7-12H2. The van der Waals surface area contributed by atoms with Gasteiger partial charge in [-0.1, -0.05) is 30.3 Å². The van der Waals surface area contributed by atoms with Crippen LogP contribution in [0.15, 0.2) is 43.0 Å². The van der Waals surface area contributed by atoms with Crippen molar-refractivity contribution in [1.29, 1.82) is 0 Å². The number of nitrogens with zero attached hydrogens (tertiary/aromatic N) is 4. The van der Waals surface area contributed by atoms with Gasteiger partial charge in [-0.3, -0.25) is 4.79 Å². The molecule has 6 nitrogen and oxygen atoms in total. The van der Waals surface area contributed by atoms with Crippen LogP contribution in [0.3, 0.4) is 0 Å². The highest BCUT2D eigenvalue weighted by molar-refractivity contribution is 5.77. The summed E-state index contributed by atoms with van der Waals surface area (Å²) in [6.07, 6.45) is 6.10. The van der Waals surface area contributed by atoms with Gasteiger partial charge < -0.3 is 9.64 Å². The Labute approximate surface area is 136 Å². The second kappa shape index (κ2) is 7.87. The van der Waals surface area contributed by atoms with Crippen LogP contribution in [-0.4, -0.2) is 51.9 Å². The zero-order valence-electron chi connectivity index (χ0n) is 13.2. The molecule has 1 unspecified atom stereocenters. The van der Waals surface area contributed by atoms with Gasteiger partial charge >= 0.3 is 0 Å². The molecular formula is C17H22N4O2. The van der Waals surface area contributed by atoms with E-state index in [1.54, 1.807) is 6.33 Å². The van der Waals surface area contributed by atoms with Crippen LogP contribution in [0.4, 0.5) is 0 Å². The Balaban J connectivity index is 1.41. The Bertz CT molecular complexity index is 600. The van der Waals surface area contributed by atoms with E-state index in [0.717, 1.165) is 25.8 Å². The van der Waals surface area contributed by atoms with Crippen molar-refractivity contribution in [3.05, 3.63) is 48.5 Å². The Kier molecular flexibility index (Phi) is 5.37. The molecular weight excluding hydrogens is 292 g/mol. The maximum Gasteiger partial charge on any atom is 0.248 e. The number of aromatic nitrogens is 3. The number of carbonyl (C=O) groups is 1. The summed E-state index contributed by atoms with van der Waals surface area (Å²) in [7, 11) is 0. The Morgan fingerprint density at radius 2 is 2.17 bits per heavy atom. The highest BCUT2D eigenvalue weighted by Gasteiger charge is 2.25. The SMILES string of the molecule is O=C(COCCc1ccccc1)N1CCCC(n2cncn2)C1. The quantitative estimate of drug-likeness (QED) is 0.762. The average molecular weight is 314 g/mol. The third kappa shape index (κ3) is 4.39. The first-order chi connectivity index (χ1) is 11.3. The number of ether oxygens (including phenoxy) is 1. The predicted octanol–water partition coefficient (Wildman–Crippen LogP) is 1.70. The van der Waals surface area contributed by atoms with E-state index in [-0.39, 0.29) is 18.6 Å². The van der Waals surface area contributed by atoms with E-state index in [4.69, 9.17) is 4.74 Å². The second-order valence-corrected chi connectivity index (χ2v) is 5.80. The number of benzene rings is 1. The normalized spacial score (nSPS) is 18.1. The third-order valence-corrected chi connectivity index (χ3v) is 4.16. The van der Waals surface area contributed by atoms with Crippen molar-refractivity contribution in [1.82, 2.24) is 19.7 Å². The fourth-order valence-corrected chi connectivity index (χ4v) is 2.89. The lowest BCUT2D eigenvalue weighted by atomic mass is 10.1. The van der Waals surface area contributed by atoms with E-state index in [2.05, 4.69) is 22.2 Å². The van der Waals surface area contributed by atoms with Gasteiger partial charge in [0.1, 0.15) is 19.3 Å². The lowest BCUT2D eigenvalue weighted by Gasteiger charge is -2.32. The van der Waals surface area contributed by atoms with Crippen LogP contribution in [0.25, 0.3) is 0 Å². The highest BCUT2D eigenvalue weighted by atomic mass is 16.5. The van der Waals surface area contributed by atoms with E-state index >= 15 is 0 Å². The van der Waals surface area contributed by atoms with Crippen LogP contribution in [0.5, 0.6) is 0 Å². The van der Waals surface area contributed by atoms with Gasteiger partial charge in [-0.2, -0.15) is 5.10 Å². The summed E-state index contributed by atoms with van der Waals surface area (Å²) in [5.74, 6) is 0.0582. The maximum atomic E-state index is 12.3. The molecule has 122 valence electrons. The fourth-order valence-electron chi connectivity index (χ4n) is 2.89. The first-order valence-electron chi connectivity index (χ1n) is 8.06. The molecule has 0 spiro atoms. The number of likely N-dealkylation sites (tertiary alicyclic amines) is 1. The van der Waals surface area contributed by atoms with E-state index in [1.807, 2.05) is 27.8 Å². The summed E-state index contributed by atoms with van der Waals surface area (Å²) in [4.78, 5) is 18.1. The van der Waals surface area contributed by atoms with Crippen molar-refractivity contribution in [2.24, 2.45) is 0 Å². The van der Waals surface area contributed by atoms with Gasteiger partial charge in [0.25, 0.3) is 0 Å². The molecule has 23 heavy (non-hydrogen) atoms. The molecule has 0 bridgehead atoms. The molecule has 1 amide bonds. The Morgan fingerprint density at radius 3 is 2.96 bits per heavy atom. The summed E-state index contributed by atoms with van der Waals surface area (Å²) in [6, 6.07) is 10.4. The van der Waals surface area contributed by atoms with Gasteiger partial charge in [-0.05, 0) is 24.8 Å². The van der Waals surface area contributed by atoms with Gasteiger partial charge in [0.05, 0.1) is 12.6 Å². The largest absolute Gasteiger partial charge is 0.371 e. The van der Waals surface area contributed by atoms with Crippen molar-refractivity contribution in [2.75, 3.05) is 26.3 Å². The summed E-state index contributed by atoms with van der Waals surface area (Å²) < 4.78 is 7.40. The smallest absolute Gasteiger partial charge is 0.248 e. The van der Waals surface area contributed by atoms with Crippen LogP contribution in [0.2, 0.25) is 0 Å². The summed E-state index contributed by atoms with van der Waals surface area (Å²) >= 11 is 0. The van der Waals surface area contributed by atoms with Crippen molar-refractivity contribution in [3.63, 3.8) is 0 Å². The van der Waals surface area contributed by atoms with Crippen LogP contribution in [-0.2, 0) is 16.0 Å². The topological polar surface area (TPSA) is 60.2 Å². The molecule has 0 N–H and O–H groups in total. The van der Waals surface area contributed by atoms with Crippen LogP contribution >= 0.6 is 0 Å². The zero-order valence-corrected chi connectivity index (χ0v) is 13.2. The van der Waals surface area contributed by atoms with E-state index in [1.165, 1.54) is 11.9 Å². The van der Waals surface area contributed by atoms with Gasteiger partial charge in [0, 0.05) is 13.1 Å². The molecule has 1 aromatic carbocycles. The molecule has 1 aliphatic heterocycles. The minimum absolute atomic E-state index is 0.0582. The molecule has 2 aromatic rings. The summed E-state index contributed by atoms with van der Waals surface area (Å²) in [5, 5.41) is 4.18. The lowest BCUT2D eigenvalue weighted by molar-refractivity contribution is -0.137. The fraction of sp³-hybridized carbons (Fsp3) is 0.471. The monoisotopic (exact) mass is 314 g/mol. The molecule has 6 heteroatoms. The van der Waals surface area contributed by atoms with E-state index in [9.17, 15) is 4.79 Å². The van der Waals surface area contributed by atoms with Gasteiger partial charge in [0.2, 0.25) is 5.91 Å². The second-order valence-electron chi connectivity index (χ2n) is 5.80. The highest BCUT2D eigenvalue weighted by Crippen LogP contribution is 2.20. The summed E-state index contributed by atoms with van der Waals surface area (Å²) in [5.41, 5.74) is 1.23. The molecule has 1 fully saturated rings. The Hall–Kier alpha value is -2.21. The minimum Gasteiger partial charge on any atom is -0.371 e. The van der Waals surface area contributed by atoms with Crippen molar-refractivity contribution < 1.29 is 9.53 Å². The first-order valence-corrected chi connectivity index (χ1v) is 8.06. The van der Waals surface area contributed by atoms with Crippen molar-refractivity contribution in [3.8, 4) is 0 Å². The number of rotatable bonds is 6. The number of hydrogen-bond donors (Lipinski definition) is 0. The van der Waals surface area contributed by atoms with Gasteiger partial charge in [-0.15, -0.1) is 0 Å².